The molecular weight excluding hydrogens is 270 g/mol. The number of hydrogen-bond acceptors (Lipinski definition) is 4. The van der Waals surface area contributed by atoms with E-state index >= 15 is 0 Å². The van der Waals surface area contributed by atoms with Gasteiger partial charge in [-0.3, -0.25) is 4.90 Å². The second-order valence-electron chi connectivity index (χ2n) is 5.35. The Labute approximate surface area is 124 Å². The minimum Gasteiger partial charge on any atom is -0.444 e. The molecule has 1 unspecified atom stereocenters. The number of benzene rings is 1. The Hall–Kier alpha value is -2.03. The van der Waals surface area contributed by atoms with E-state index in [1.165, 1.54) is 4.90 Å². The molecule has 0 bridgehead atoms. The van der Waals surface area contributed by atoms with Crippen LogP contribution in [0.3, 0.4) is 0 Å². The van der Waals surface area contributed by atoms with Gasteiger partial charge in [0.1, 0.15) is 18.4 Å². The molecular formula is C16H19NO4. The van der Waals surface area contributed by atoms with E-state index in [2.05, 4.69) is 5.92 Å². The molecule has 0 aliphatic carbocycles. The van der Waals surface area contributed by atoms with Gasteiger partial charge in [0.2, 0.25) is 0 Å². The molecule has 21 heavy (non-hydrogen) atoms. The molecule has 5 heteroatoms. The number of nitrogens with zero attached hydrogens (tertiary/aromatic N) is 1. The molecule has 0 saturated carbocycles. The SMILES string of the molecule is C#CC(O)[C@@H]1COC(C)(C)N1C(=O)OCc1ccccc1. The van der Waals surface area contributed by atoms with Crippen molar-refractivity contribution >= 4 is 6.09 Å². The number of hydrogen-bond donors (Lipinski definition) is 1. The van der Waals surface area contributed by atoms with Gasteiger partial charge in [-0.05, 0) is 19.4 Å². The van der Waals surface area contributed by atoms with Gasteiger partial charge in [0.25, 0.3) is 0 Å². The van der Waals surface area contributed by atoms with Crippen LogP contribution in [0.5, 0.6) is 0 Å². The lowest BCUT2D eigenvalue weighted by molar-refractivity contribution is -0.0523. The number of rotatable bonds is 3. The van der Waals surface area contributed by atoms with Crippen LogP contribution in [-0.4, -0.2) is 40.6 Å². The van der Waals surface area contributed by atoms with Crippen LogP contribution in [-0.2, 0) is 16.1 Å². The van der Waals surface area contributed by atoms with Crippen LogP contribution in [0.15, 0.2) is 30.3 Å². The minimum atomic E-state index is -1.09. The molecule has 1 N–H and O–H groups in total. The van der Waals surface area contributed by atoms with Crippen LogP contribution in [0.1, 0.15) is 19.4 Å². The van der Waals surface area contributed by atoms with Gasteiger partial charge in [0, 0.05) is 0 Å². The zero-order valence-corrected chi connectivity index (χ0v) is 12.2. The van der Waals surface area contributed by atoms with Crippen molar-refractivity contribution in [2.24, 2.45) is 0 Å². The van der Waals surface area contributed by atoms with Crippen molar-refractivity contribution in [3.63, 3.8) is 0 Å². The van der Waals surface area contributed by atoms with Crippen molar-refractivity contribution in [2.45, 2.75) is 38.3 Å². The van der Waals surface area contributed by atoms with Crippen LogP contribution in [0.2, 0.25) is 0 Å². The maximum atomic E-state index is 12.3. The van der Waals surface area contributed by atoms with Crippen molar-refractivity contribution in [1.82, 2.24) is 4.90 Å². The summed E-state index contributed by atoms with van der Waals surface area (Å²) in [6.07, 6.45) is 3.59. The number of terminal acetylenes is 1. The highest BCUT2D eigenvalue weighted by Crippen LogP contribution is 2.29. The first-order valence-corrected chi connectivity index (χ1v) is 6.74. The highest BCUT2D eigenvalue weighted by atomic mass is 16.6. The van der Waals surface area contributed by atoms with Crippen LogP contribution in [0, 0.1) is 12.3 Å². The fraction of sp³-hybridized carbons (Fsp3) is 0.438. The summed E-state index contributed by atoms with van der Waals surface area (Å²) < 4.78 is 10.8. The van der Waals surface area contributed by atoms with Gasteiger partial charge in [0.05, 0.1) is 12.6 Å². The van der Waals surface area contributed by atoms with E-state index in [-0.39, 0.29) is 13.2 Å². The Morgan fingerprint density at radius 2 is 2.24 bits per heavy atom. The molecule has 0 spiro atoms. The van der Waals surface area contributed by atoms with Crippen molar-refractivity contribution in [2.75, 3.05) is 6.61 Å². The maximum Gasteiger partial charge on any atom is 0.412 e. The Bertz CT molecular complexity index is 535. The first kappa shape index (κ1) is 15.4. The lowest BCUT2D eigenvalue weighted by Gasteiger charge is -2.33. The number of aliphatic hydroxyl groups excluding tert-OH is 1. The molecule has 1 aromatic rings. The highest BCUT2D eigenvalue weighted by molar-refractivity contribution is 5.69. The molecule has 0 radical (unpaired) electrons. The Morgan fingerprint density at radius 1 is 1.57 bits per heavy atom. The van der Waals surface area contributed by atoms with Crippen molar-refractivity contribution in [3.8, 4) is 12.3 Å². The third-order valence-electron chi connectivity index (χ3n) is 3.46. The number of ether oxygens (including phenoxy) is 2. The molecule has 0 aromatic heterocycles. The smallest absolute Gasteiger partial charge is 0.412 e. The summed E-state index contributed by atoms with van der Waals surface area (Å²) in [5.74, 6) is 2.23. The molecule has 2 rings (SSSR count). The van der Waals surface area contributed by atoms with E-state index in [1.807, 2.05) is 30.3 Å². The quantitative estimate of drug-likeness (QED) is 0.861. The standard InChI is InChI=1S/C16H19NO4/c1-4-14(18)13-11-21-16(2,3)17(13)15(19)20-10-12-8-6-5-7-9-12/h1,5-9,13-14,18H,10-11H2,2-3H3/t13-,14?/m0/s1. The Kier molecular flexibility index (Phi) is 4.51. The van der Waals surface area contributed by atoms with E-state index in [1.54, 1.807) is 13.8 Å². The average Bonchev–Trinajstić information content (AvgIpc) is 2.80. The number of aliphatic hydroxyl groups is 1. The minimum absolute atomic E-state index is 0.158. The van der Waals surface area contributed by atoms with Gasteiger partial charge in [-0.1, -0.05) is 36.3 Å². The predicted octanol–water partition coefficient (Wildman–Crippen LogP) is 1.75. The second kappa shape index (κ2) is 6.17. The van der Waals surface area contributed by atoms with E-state index in [0.717, 1.165) is 5.56 Å². The summed E-state index contributed by atoms with van der Waals surface area (Å²) in [6, 6.07) is 8.77. The number of amides is 1. The monoisotopic (exact) mass is 289 g/mol. The highest BCUT2D eigenvalue weighted by Gasteiger charge is 2.47. The summed E-state index contributed by atoms with van der Waals surface area (Å²) in [5.41, 5.74) is 0.0221. The molecule has 1 aliphatic rings. The summed E-state index contributed by atoms with van der Waals surface area (Å²) >= 11 is 0. The summed E-state index contributed by atoms with van der Waals surface area (Å²) in [5, 5.41) is 9.83. The third-order valence-corrected chi connectivity index (χ3v) is 3.46. The number of carbonyl (C=O) groups is 1. The van der Waals surface area contributed by atoms with Gasteiger partial charge in [-0.25, -0.2) is 4.79 Å². The lowest BCUT2D eigenvalue weighted by atomic mass is 10.1. The topological polar surface area (TPSA) is 59.0 Å². The summed E-state index contributed by atoms with van der Waals surface area (Å²) in [4.78, 5) is 13.7. The van der Waals surface area contributed by atoms with Crippen LogP contribution in [0.4, 0.5) is 4.79 Å². The maximum absolute atomic E-state index is 12.3. The molecule has 1 amide bonds. The molecule has 5 nitrogen and oxygen atoms in total. The van der Waals surface area contributed by atoms with Gasteiger partial charge in [-0.2, -0.15) is 0 Å². The lowest BCUT2D eigenvalue weighted by Crippen LogP contribution is -2.51. The summed E-state index contributed by atoms with van der Waals surface area (Å²) in [7, 11) is 0. The normalized spacial score (nSPS) is 21.6. The fourth-order valence-electron chi connectivity index (χ4n) is 2.32. The van der Waals surface area contributed by atoms with E-state index in [9.17, 15) is 9.90 Å². The molecule has 1 heterocycles. The van der Waals surface area contributed by atoms with Crippen LogP contribution in [0.25, 0.3) is 0 Å². The van der Waals surface area contributed by atoms with Crippen LogP contribution >= 0.6 is 0 Å². The van der Waals surface area contributed by atoms with E-state index in [0.29, 0.717) is 0 Å². The molecule has 1 aromatic carbocycles. The summed E-state index contributed by atoms with van der Waals surface area (Å²) in [6.45, 7) is 3.81. The van der Waals surface area contributed by atoms with Gasteiger partial charge in [-0.15, -0.1) is 6.42 Å². The van der Waals surface area contributed by atoms with Gasteiger partial charge < -0.3 is 14.6 Å². The van der Waals surface area contributed by atoms with Gasteiger partial charge in [0.15, 0.2) is 0 Å². The van der Waals surface area contributed by atoms with Gasteiger partial charge >= 0.3 is 6.09 Å². The zero-order valence-electron chi connectivity index (χ0n) is 12.2. The van der Waals surface area contributed by atoms with Crippen molar-refractivity contribution in [1.29, 1.82) is 0 Å². The fourth-order valence-corrected chi connectivity index (χ4v) is 2.32. The molecule has 1 fully saturated rings. The predicted molar refractivity (Wildman–Crippen MR) is 77.1 cm³/mol. The van der Waals surface area contributed by atoms with Crippen LogP contribution < -0.4 is 0 Å². The third kappa shape index (κ3) is 3.35. The molecule has 2 atom stereocenters. The van der Waals surface area contributed by atoms with E-state index in [4.69, 9.17) is 15.9 Å². The molecule has 1 aliphatic heterocycles. The van der Waals surface area contributed by atoms with Crippen molar-refractivity contribution in [3.05, 3.63) is 35.9 Å². The molecule has 112 valence electrons. The first-order valence-electron chi connectivity index (χ1n) is 6.74. The second-order valence-corrected chi connectivity index (χ2v) is 5.35. The van der Waals surface area contributed by atoms with E-state index < -0.39 is 24.0 Å². The largest absolute Gasteiger partial charge is 0.444 e. The first-order chi connectivity index (χ1) is 9.95. The number of carbonyl (C=O) groups excluding carboxylic acids is 1. The van der Waals surface area contributed by atoms with Crippen molar-refractivity contribution < 1.29 is 19.4 Å². The Morgan fingerprint density at radius 3 is 2.86 bits per heavy atom. The average molecular weight is 289 g/mol. The zero-order chi connectivity index (χ0) is 15.5. The Balaban J connectivity index is 2.06. The molecule has 1 saturated heterocycles.